The van der Waals surface area contributed by atoms with E-state index in [9.17, 15) is 0 Å². The molecule has 96 valence electrons. The summed E-state index contributed by atoms with van der Waals surface area (Å²) in [5, 5.41) is 0. The van der Waals surface area contributed by atoms with E-state index < -0.39 is 0 Å². The minimum absolute atomic E-state index is 0.109. The first-order valence-electron chi connectivity index (χ1n) is 5.32. The number of hydrogen-bond donors (Lipinski definition) is 1. The van der Waals surface area contributed by atoms with Crippen molar-refractivity contribution < 1.29 is 14.2 Å². The second-order valence-corrected chi connectivity index (χ2v) is 4.70. The number of hydrogen-bond acceptors (Lipinski definition) is 4. The van der Waals surface area contributed by atoms with E-state index in [-0.39, 0.29) is 12.8 Å². The molecular formula is C12H18BrNO3. The van der Waals surface area contributed by atoms with Crippen molar-refractivity contribution >= 4 is 15.9 Å². The highest BCUT2D eigenvalue weighted by Crippen LogP contribution is 2.36. The van der Waals surface area contributed by atoms with Gasteiger partial charge in [-0.1, -0.05) is 0 Å². The van der Waals surface area contributed by atoms with Gasteiger partial charge in [0.15, 0.2) is 18.3 Å². The van der Waals surface area contributed by atoms with Crippen LogP contribution in [0.5, 0.6) is 11.5 Å². The normalized spacial score (nSPS) is 12.3. The van der Waals surface area contributed by atoms with E-state index >= 15 is 0 Å². The molecule has 1 unspecified atom stereocenters. The van der Waals surface area contributed by atoms with Crippen molar-refractivity contribution in [3.8, 4) is 11.5 Å². The third-order valence-electron chi connectivity index (χ3n) is 2.17. The molecule has 1 atom stereocenters. The average molecular weight is 304 g/mol. The fourth-order valence-corrected chi connectivity index (χ4v) is 2.12. The molecule has 0 aliphatic heterocycles. The summed E-state index contributed by atoms with van der Waals surface area (Å²) in [7, 11) is 3.18. The maximum absolute atomic E-state index is 5.78. The van der Waals surface area contributed by atoms with Crippen LogP contribution in [-0.4, -0.2) is 27.1 Å². The van der Waals surface area contributed by atoms with E-state index in [0.29, 0.717) is 11.5 Å². The molecular weight excluding hydrogens is 286 g/mol. The Morgan fingerprint density at radius 2 is 2.06 bits per heavy atom. The van der Waals surface area contributed by atoms with E-state index in [1.54, 1.807) is 14.2 Å². The highest BCUT2D eigenvalue weighted by molar-refractivity contribution is 9.10. The van der Waals surface area contributed by atoms with Gasteiger partial charge in [-0.3, -0.25) is 0 Å². The fraction of sp³-hybridized carbons (Fsp3) is 0.500. The van der Waals surface area contributed by atoms with Gasteiger partial charge < -0.3 is 19.9 Å². The SMILES string of the molecule is COCOc1c(Br)cc(CC(C)N)cc1OC. The fourth-order valence-electron chi connectivity index (χ4n) is 1.52. The molecule has 0 saturated carbocycles. The maximum Gasteiger partial charge on any atom is 0.188 e. The summed E-state index contributed by atoms with van der Waals surface area (Å²) in [5.74, 6) is 1.31. The van der Waals surface area contributed by atoms with Crippen molar-refractivity contribution in [2.75, 3.05) is 21.0 Å². The number of ether oxygens (including phenoxy) is 3. The molecule has 0 aromatic heterocycles. The average Bonchev–Trinajstić information content (AvgIpc) is 2.26. The molecule has 0 heterocycles. The van der Waals surface area contributed by atoms with Gasteiger partial charge in [0.05, 0.1) is 11.6 Å². The molecule has 1 aromatic carbocycles. The molecule has 2 N–H and O–H groups in total. The molecule has 0 fully saturated rings. The Morgan fingerprint density at radius 1 is 1.35 bits per heavy atom. The summed E-state index contributed by atoms with van der Waals surface area (Å²) in [6, 6.07) is 4.02. The first-order chi connectivity index (χ1) is 8.08. The highest BCUT2D eigenvalue weighted by atomic mass is 79.9. The van der Waals surface area contributed by atoms with Crippen LogP contribution < -0.4 is 15.2 Å². The van der Waals surface area contributed by atoms with Gasteiger partial charge in [-0.25, -0.2) is 0 Å². The lowest BCUT2D eigenvalue weighted by atomic mass is 10.1. The van der Waals surface area contributed by atoms with Gasteiger partial charge in [0.2, 0.25) is 0 Å². The van der Waals surface area contributed by atoms with Gasteiger partial charge in [-0.15, -0.1) is 0 Å². The van der Waals surface area contributed by atoms with E-state index in [0.717, 1.165) is 16.5 Å². The van der Waals surface area contributed by atoms with Crippen LogP contribution in [0.25, 0.3) is 0 Å². The Bertz CT molecular complexity index is 369. The van der Waals surface area contributed by atoms with Crippen molar-refractivity contribution in [2.45, 2.75) is 19.4 Å². The second-order valence-electron chi connectivity index (χ2n) is 3.84. The molecule has 0 saturated heterocycles. The molecule has 4 nitrogen and oxygen atoms in total. The van der Waals surface area contributed by atoms with E-state index in [4.69, 9.17) is 19.9 Å². The number of rotatable bonds is 6. The highest BCUT2D eigenvalue weighted by Gasteiger charge is 2.12. The number of benzene rings is 1. The van der Waals surface area contributed by atoms with Crippen LogP contribution in [-0.2, 0) is 11.2 Å². The Hall–Kier alpha value is -0.780. The second kappa shape index (κ2) is 6.83. The minimum Gasteiger partial charge on any atom is -0.493 e. The van der Waals surface area contributed by atoms with E-state index in [2.05, 4.69) is 15.9 Å². The van der Waals surface area contributed by atoms with Crippen molar-refractivity contribution in [2.24, 2.45) is 5.73 Å². The van der Waals surface area contributed by atoms with Crippen molar-refractivity contribution in [3.63, 3.8) is 0 Å². The van der Waals surface area contributed by atoms with Crippen LogP contribution >= 0.6 is 15.9 Å². The van der Waals surface area contributed by atoms with Gasteiger partial charge in [0.25, 0.3) is 0 Å². The topological polar surface area (TPSA) is 53.7 Å². The maximum atomic E-state index is 5.78. The molecule has 0 aliphatic carbocycles. The molecule has 1 rings (SSSR count). The molecule has 1 aromatic rings. The predicted octanol–water partition coefficient (Wildman–Crippen LogP) is 2.33. The first kappa shape index (κ1) is 14.3. The Labute approximate surface area is 110 Å². The number of nitrogens with two attached hydrogens (primary N) is 1. The number of methoxy groups -OCH3 is 2. The first-order valence-corrected chi connectivity index (χ1v) is 6.11. The zero-order valence-corrected chi connectivity index (χ0v) is 11.9. The minimum atomic E-state index is 0.109. The van der Waals surface area contributed by atoms with Gasteiger partial charge in [-0.2, -0.15) is 0 Å². The zero-order chi connectivity index (χ0) is 12.8. The summed E-state index contributed by atoms with van der Waals surface area (Å²) in [6.07, 6.45) is 0.791. The number of halogens is 1. The molecule has 0 bridgehead atoms. The van der Waals surface area contributed by atoms with Gasteiger partial charge in [0, 0.05) is 13.2 Å². The quantitative estimate of drug-likeness (QED) is 0.820. The van der Waals surface area contributed by atoms with E-state index in [1.165, 1.54) is 0 Å². The molecule has 5 heteroatoms. The van der Waals surface area contributed by atoms with Crippen molar-refractivity contribution in [3.05, 3.63) is 22.2 Å². The van der Waals surface area contributed by atoms with Crippen molar-refractivity contribution in [1.82, 2.24) is 0 Å². The lowest BCUT2D eigenvalue weighted by Crippen LogP contribution is -2.17. The summed E-state index contributed by atoms with van der Waals surface area (Å²) in [4.78, 5) is 0. The zero-order valence-electron chi connectivity index (χ0n) is 10.3. The van der Waals surface area contributed by atoms with Crippen LogP contribution in [0.15, 0.2) is 16.6 Å². The third kappa shape index (κ3) is 4.18. The monoisotopic (exact) mass is 303 g/mol. The summed E-state index contributed by atoms with van der Waals surface area (Å²) in [6.45, 7) is 2.15. The Balaban J connectivity index is 2.98. The van der Waals surface area contributed by atoms with E-state index in [1.807, 2.05) is 19.1 Å². The largest absolute Gasteiger partial charge is 0.493 e. The Kier molecular flexibility index (Phi) is 5.74. The van der Waals surface area contributed by atoms with Gasteiger partial charge >= 0.3 is 0 Å². The van der Waals surface area contributed by atoms with Crippen LogP contribution in [0.3, 0.4) is 0 Å². The Morgan fingerprint density at radius 3 is 2.59 bits per heavy atom. The third-order valence-corrected chi connectivity index (χ3v) is 2.76. The van der Waals surface area contributed by atoms with Crippen LogP contribution in [0, 0.1) is 0 Å². The molecule has 0 amide bonds. The summed E-state index contributed by atoms with van der Waals surface area (Å²) >= 11 is 3.46. The van der Waals surface area contributed by atoms with Gasteiger partial charge in [0.1, 0.15) is 0 Å². The molecule has 0 radical (unpaired) electrons. The lowest BCUT2D eigenvalue weighted by Gasteiger charge is -2.14. The van der Waals surface area contributed by atoms with Crippen LogP contribution in [0.4, 0.5) is 0 Å². The standard InChI is InChI=1S/C12H18BrNO3/c1-8(14)4-9-5-10(13)12(17-7-15-2)11(6-9)16-3/h5-6,8H,4,7,14H2,1-3H3. The summed E-state index contributed by atoms with van der Waals surface area (Å²) in [5.41, 5.74) is 6.88. The molecule has 0 aliphatic rings. The summed E-state index contributed by atoms with van der Waals surface area (Å²) < 4.78 is 16.5. The van der Waals surface area contributed by atoms with Gasteiger partial charge in [-0.05, 0) is 47.0 Å². The van der Waals surface area contributed by atoms with Crippen LogP contribution in [0.2, 0.25) is 0 Å². The predicted molar refractivity (Wildman–Crippen MR) is 70.6 cm³/mol. The van der Waals surface area contributed by atoms with Crippen LogP contribution in [0.1, 0.15) is 12.5 Å². The smallest absolute Gasteiger partial charge is 0.188 e. The molecule has 17 heavy (non-hydrogen) atoms. The van der Waals surface area contributed by atoms with Crippen molar-refractivity contribution in [1.29, 1.82) is 0 Å². The molecule has 0 spiro atoms. The lowest BCUT2D eigenvalue weighted by molar-refractivity contribution is 0.0486.